The number of ether oxygens (including phenoxy) is 3. The number of fused-ring (bicyclic) bond motifs is 1. The van der Waals surface area contributed by atoms with Crippen LogP contribution in [0.5, 0.6) is 0 Å². The van der Waals surface area contributed by atoms with E-state index in [1.165, 1.54) is 6.21 Å². The SMILES string of the molecule is [O-][N+]#CO[C@@H]1C2=NOC[C@H]2CO[C@@H]1[C@@H](/C=N/O)OCc1ccccc1. The first-order valence-electron chi connectivity index (χ1n) is 7.71. The summed E-state index contributed by atoms with van der Waals surface area (Å²) in [6.07, 6.45) is 0.899. The fourth-order valence-electron chi connectivity index (χ4n) is 2.79. The molecule has 25 heavy (non-hydrogen) atoms. The molecular formula is C16H17N3O6. The van der Waals surface area contributed by atoms with E-state index in [-0.39, 0.29) is 12.5 Å². The maximum Gasteiger partial charge on any atom is 0.540 e. The van der Waals surface area contributed by atoms with Crippen LogP contribution in [0.25, 0.3) is 5.01 Å². The molecule has 1 N–H and O–H groups in total. The molecule has 9 heteroatoms. The van der Waals surface area contributed by atoms with E-state index >= 15 is 0 Å². The summed E-state index contributed by atoms with van der Waals surface area (Å²) >= 11 is 0. The Labute approximate surface area is 143 Å². The molecule has 132 valence electrons. The fourth-order valence-corrected chi connectivity index (χ4v) is 2.79. The third kappa shape index (κ3) is 3.99. The molecule has 0 spiro atoms. The molecule has 1 aromatic rings. The van der Waals surface area contributed by atoms with Crippen LogP contribution in [0.4, 0.5) is 0 Å². The first-order valence-corrected chi connectivity index (χ1v) is 7.71. The van der Waals surface area contributed by atoms with Crippen LogP contribution in [0.2, 0.25) is 0 Å². The largest absolute Gasteiger partial charge is 0.540 e. The van der Waals surface area contributed by atoms with Gasteiger partial charge in [-0.15, -0.1) is 0 Å². The summed E-state index contributed by atoms with van der Waals surface area (Å²) in [5.74, 6) is -0.0736. The van der Waals surface area contributed by atoms with Crippen molar-refractivity contribution in [1.29, 1.82) is 0 Å². The molecule has 2 aliphatic heterocycles. The Bertz CT molecular complexity index is 684. The number of benzene rings is 1. The molecular weight excluding hydrogens is 330 g/mol. The van der Waals surface area contributed by atoms with Crippen molar-refractivity contribution >= 4 is 11.9 Å². The molecule has 0 amide bonds. The molecule has 0 radical (unpaired) electrons. The molecule has 2 heterocycles. The Kier molecular flexibility index (Phi) is 5.66. The summed E-state index contributed by atoms with van der Waals surface area (Å²) in [7, 11) is 0. The summed E-state index contributed by atoms with van der Waals surface area (Å²) in [6.45, 7) is 0.998. The zero-order valence-corrected chi connectivity index (χ0v) is 13.2. The van der Waals surface area contributed by atoms with Crippen LogP contribution in [-0.4, -0.2) is 48.7 Å². The maximum absolute atomic E-state index is 10.4. The summed E-state index contributed by atoms with van der Waals surface area (Å²) in [4.78, 5) is 5.09. The van der Waals surface area contributed by atoms with Crippen molar-refractivity contribution < 1.29 is 24.3 Å². The first-order chi connectivity index (χ1) is 12.3. The van der Waals surface area contributed by atoms with Gasteiger partial charge in [0.1, 0.15) is 24.5 Å². The minimum atomic E-state index is -0.780. The first kappa shape index (κ1) is 17.0. The molecule has 4 atom stereocenters. The number of hydrogen-bond acceptors (Lipinski definition) is 8. The lowest BCUT2D eigenvalue weighted by Gasteiger charge is -2.34. The molecule has 9 nitrogen and oxygen atoms in total. The Morgan fingerprint density at radius 3 is 3.04 bits per heavy atom. The van der Waals surface area contributed by atoms with Gasteiger partial charge >= 0.3 is 6.26 Å². The van der Waals surface area contributed by atoms with Gasteiger partial charge in [-0.05, 0) is 5.56 Å². The van der Waals surface area contributed by atoms with Gasteiger partial charge < -0.3 is 29.5 Å². The lowest BCUT2D eigenvalue weighted by atomic mass is 9.92. The van der Waals surface area contributed by atoms with E-state index in [0.29, 0.717) is 18.9 Å². The monoisotopic (exact) mass is 347 g/mol. The molecule has 0 aromatic heterocycles. The zero-order valence-electron chi connectivity index (χ0n) is 13.2. The quantitative estimate of drug-likeness (QED) is 0.362. The number of oxime groups is 2. The highest BCUT2D eigenvalue weighted by Gasteiger charge is 2.46. The van der Waals surface area contributed by atoms with Crippen molar-refractivity contribution in [2.24, 2.45) is 16.2 Å². The van der Waals surface area contributed by atoms with E-state index < -0.39 is 18.3 Å². The molecule has 1 fully saturated rings. The second kappa shape index (κ2) is 8.32. The number of rotatable bonds is 6. The zero-order chi connectivity index (χ0) is 17.5. The van der Waals surface area contributed by atoms with Crippen molar-refractivity contribution in [2.75, 3.05) is 13.2 Å². The van der Waals surface area contributed by atoms with Crippen LogP contribution in [0, 0.1) is 17.4 Å². The summed E-state index contributed by atoms with van der Waals surface area (Å²) < 4.78 is 16.9. The van der Waals surface area contributed by atoms with E-state index in [0.717, 1.165) is 5.56 Å². The molecule has 0 saturated carbocycles. The smallest absolute Gasteiger partial charge is 0.495 e. The van der Waals surface area contributed by atoms with Crippen LogP contribution in [0.1, 0.15) is 5.56 Å². The molecule has 0 aliphatic carbocycles. The van der Waals surface area contributed by atoms with Crippen molar-refractivity contribution in [2.45, 2.75) is 24.9 Å². The van der Waals surface area contributed by atoms with Gasteiger partial charge in [0.25, 0.3) is 0 Å². The average molecular weight is 347 g/mol. The van der Waals surface area contributed by atoms with Crippen LogP contribution >= 0.6 is 0 Å². The van der Waals surface area contributed by atoms with Gasteiger partial charge in [-0.1, -0.05) is 40.6 Å². The normalized spacial score (nSPS) is 26.1. The van der Waals surface area contributed by atoms with E-state index in [9.17, 15) is 5.21 Å². The van der Waals surface area contributed by atoms with Crippen molar-refractivity contribution in [3.05, 3.63) is 46.1 Å². The molecule has 0 unspecified atom stereocenters. The highest BCUT2D eigenvalue weighted by atomic mass is 16.6. The lowest BCUT2D eigenvalue weighted by molar-refractivity contribution is -0.102. The fraction of sp³-hybridized carbons (Fsp3) is 0.438. The highest BCUT2D eigenvalue weighted by Crippen LogP contribution is 2.27. The average Bonchev–Trinajstić information content (AvgIpc) is 3.13. The summed E-state index contributed by atoms with van der Waals surface area (Å²) in [5, 5.41) is 28.8. The predicted octanol–water partition coefficient (Wildman–Crippen LogP) is 1.61. The van der Waals surface area contributed by atoms with Gasteiger partial charge in [0, 0.05) is 0 Å². The molecule has 0 bridgehead atoms. The van der Waals surface area contributed by atoms with Crippen molar-refractivity contribution in [3.63, 3.8) is 0 Å². The van der Waals surface area contributed by atoms with Crippen molar-refractivity contribution in [3.8, 4) is 6.26 Å². The van der Waals surface area contributed by atoms with Gasteiger partial charge in [-0.2, -0.15) is 0 Å². The Morgan fingerprint density at radius 1 is 1.44 bits per heavy atom. The van der Waals surface area contributed by atoms with E-state index in [4.69, 9.17) is 24.3 Å². The third-order valence-electron chi connectivity index (χ3n) is 3.98. The predicted molar refractivity (Wildman–Crippen MR) is 87.4 cm³/mol. The van der Waals surface area contributed by atoms with Crippen LogP contribution < -0.4 is 0 Å². The summed E-state index contributed by atoms with van der Waals surface area (Å²) in [5.41, 5.74) is 1.53. The van der Waals surface area contributed by atoms with Gasteiger partial charge in [0.15, 0.2) is 6.10 Å². The van der Waals surface area contributed by atoms with E-state index in [1.54, 1.807) is 0 Å². The molecule has 1 aromatic carbocycles. The third-order valence-corrected chi connectivity index (χ3v) is 3.98. The minimum absolute atomic E-state index is 0.0736. The van der Waals surface area contributed by atoms with Crippen LogP contribution in [0.3, 0.4) is 0 Å². The Morgan fingerprint density at radius 2 is 2.28 bits per heavy atom. The maximum atomic E-state index is 10.4. The lowest BCUT2D eigenvalue weighted by Crippen LogP contribution is -2.53. The number of hydrogen-bond donors (Lipinski definition) is 1. The van der Waals surface area contributed by atoms with Gasteiger partial charge in [0.2, 0.25) is 0 Å². The highest BCUT2D eigenvalue weighted by molar-refractivity contribution is 5.93. The van der Waals surface area contributed by atoms with E-state index in [2.05, 4.69) is 15.3 Å². The van der Waals surface area contributed by atoms with Gasteiger partial charge in [-0.3, -0.25) is 0 Å². The standard InChI is InChI=1S/C16H17N3O6/c20-17-6-13(22-7-11-4-2-1-3-5-11)15-16(24-10-18-21)14-12(8-23-15)9-25-19-14/h1-6,12-13,15-16,20H,7-9H2/b17-6+/t12-,13-,15-,16-/m1/s1. The molecule has 3 rings (SSSR count). The molecule has 1 saturated heterocycles. The van der Waals surface area contributed by atoms with Crippen LogP contribution in [-0.2, 0) is 25.7 Å². The number of nitrogens with zero attached hydrogens (tertiary/aromatic N) is 3. The second-order valence-electron chi connectivity index (χ2n) is 5.55. The van der Waals surface area contributed by atoms with E-state index in [1.807, 2.05) is 36.6 Å². The molecule has 2 aliphatic rings. The van der Waals surface area contributed by atoms with Crippen molar-refractivity contribution in [1.82, 2.24) is 0 Å². The van der Waals surface area contributed by atoms with Gasteiger partial charge in [-0.25, -0.2) is 0 Å². The van der Waals surface area contributed by atoms with Gasteiger partial charge in [0.05, 0.1) is 30.4 Å². The minimum Gasteiger partial charge on any atom is -0.495 e. The topological polar surface area (TPSA) is 109 Å². The Hall–Kier alpha value is -2.83. The summed E-state index contributed by atoms with van der Waals surface area (Å²) in [6, 6.07) is 9.51. The second-order valence-corrected chi connectivity index (χ2v) is 5.55. The van der Waals surface area contributed by atoms with Crippen LogP contribution in [0.15, 0.2) is 40.6 Å². The Balaban J connectivity index is 1.76.